The van der Waals surface area contributed by atoms with Crippen molar-refractivity contribution in [2.24, 2.45) is 0 Å². The van der Waals surface area contributed by atoms with Crippen LogP contribution in [0.3, 0.4) is 0 Å². The fourth-order valence-electron chi connectivity index (χ4n) is 3.32. The molecule has 0 radical (unpaired) electrons. The molecule has 1 aromatic heterocycles. The van der Waals surface area contributed by atoms with Gasteiger partial charge in [0.1, 0.15) is 18.1 Å². The lowest BCUT2D eigenvalue weighted by molar-refractivity contribution is 0.102. The van der Waals surface area contributed by atoms with Gasteiger partial charge in [-0.05, 0) is 61.6 Å². The predicted octanol–water partition coefficient (Wildman–Crippen LogP) is 5.06. The van der Waals surface area contributed by atoms with Crippen molar-refractivity contribution in [2.45, 2.75) is 13.2 Å². The van der Waals surface area contributed by atoms with Crippen LogP contribution in [-0.2, 0) is 13.2 Å². The minimum Gasteiger partial charge on any atom is -0.489 e. The first-order valence-corrected chi connectivity index (χ1v) is 9.91. The standard InChI is InChI=1S/C25H25N3O2/c1-28(2)16-18-8-10-21(11-9-18)26-25(29)24-15-20-14-22(12-13-23(20)27-24)30-17-19-6-4-3-5-7-19/h3-15,27H,16-17H2,1-2H3,(H,26,29). The number of ether oxygens (including phenoxy) is 1. The highest BCUT2D eigenvalue weighted by Gasteiger charge is 2.11. The van der Waals surface area contributed by atoms with Crippen molar-refractivity contribution >= 4 is 22.5 Å². The predicted molar refractivity (Wildman–Crippen MR) is 121 cm³/mol. The summed E-state index contributed by atoms with van der Waals surface area (Å²) >= 11 is 0. The summed E-state index contributed by atoms with van der Waals surface area (Å²) in [6, 6.07) is 25.6. The second-order valence-corrected chi connectivity index (χ2v) is 7.60. The lowest BCUT2D eigenvalue weighted by atomic mass is 10.2. The average molecular weight is 399 g/mol. The van der Waals surface area contributed by atoms with Gasteiger partial charge in [-0.1, -0.05) is 42.5 Å². The second kappa shape index (κ2) is 8.84. The van der Waals surface area contributed by atoms with E-state index >= 15 is 0 Å². The van der Waals surface area contributed by atoms with E-state index in [1.165, 1.54) is 5.56 Å². The molecule has 1 amide bonds. The van der Waals surface area contributed by atoms with Crippen LogP contribution in [0, 0.1) is 0 Å². The summed E-state index contributed by atoms with van der Waals surface area (Å²) in [7, 11) is 4.06. The van der Waals surface area contributed by atoms with Crippen LogP contribution in [-0.4, -0.2) is 29.9 Å². The van der Waals surface area contributed by atoms with Crippen molar-refractivity contribution in [3.63, 3.8) is 0 Å². The molecule has 0 aliphatic rings. The van der Waals surface area contributed by atoms with Crippen LogP contribution in [0.15, 0.2) is 78.9 Å². The molecule has 0 fully saturated rings. The van der Waals surface area contributed by atoms with Crippen molar-refractivity contribution in [1.82, 2.24) is 9.88 Å². The molecular formula is C25H25N3O2. The number of fused-ring (bicyclic) bond motifs is 1. The van der Waals surface area contributed by atoms with Crippen molar-refractivity contribution in [3.05, 3.63) is 95.7 Å². The third-order valence-electron chi connectivity index (χ3n) is 4.80. The molecule has 4 aromatic rings. The Morgan fingerprint density at radius 1 is 0.933 bits per heavy atom. The lowest BCUT2D eigenvalue weighted by Gasteiger charge is -2.10. The van der Waals surface area contributed by atoms with Gasteiger partial charge in [-0.3, -0.25) is 4.79 Å². The van der Waals surface area contributed by atoms with Gasteiger partial charge in [-0.25, -0.2) is 0 Å². The van der Waals surface area contributed by atoms with E-state index in [1.807, 2.05) is 93.0 Å². The van der Waals surface area contributed by atoms with E-state index in [2.05, 4.69) is 15.2 Å². The third-order valence-corrected chi connectivity index (χ3v) is 4.80. The first-order valence-electron chi connectivity index (χ1n) is 9.91. The lowest BCUT2D eigenvalue weighted by Crippen LogP contribution is -2.13. The molecule has 0 atom stereocenters. The van der Waals surface area contributed by atoms with Gasteiger partial charge in [-0.15, -0.1) is 0 Å². The summed E-state index contributed by atoms with van der Waals surface area (Å²) in [5.41, 5.74) is 4.50. The zero-order valence-corrected chi connectivity index (χ0v) is 17.2. The number of benzene rings is 3. The van der Waals surface area contributed by atoms with E-state index in [4.69, 9.17) is 4.74 Å². The van der Waals surface area contributed by atoms with Gasteiger partial charge in [0.15, 0.2) is 0 Å². The molecule has 1 heterocycles. The van der Waals surface area contributed by atoms with Gasteiger partial charge in [0.05, 0.1) is 0 Å². The second-order valence-electron chi connectivity index (χ2n) is 7.60. The molecule has 30 heavy (non-hydrogen) atoms. The number of anilines is 1. The molecule has 0 aliphatic heterocycles. The van der Waals surface area contributed by atoms with Crippen LogP contribution in [0.25, 0.3) is 10.9 Å². The average Bonchev–Trinajstić information content (AvgIpc) is 3.18. The monoisotopic (exact) mass is 399 g/mol. The molecule has 0 saturated carbocycles. The van der Waals surface area contributed by atoms with E-state index < -0.39 is 0 Å². The largest absolute Gasteiger partial charge is 0.489 e. The highest BCUT2D eigenvalue weighted by Crippen LogP contribution is 2.23. The number of nitrogens with one attached hydrogen (secondary N) is 2. The van der Waals surface area contributed by atoms with Gasteiger partial charge in [-0.2, -0.15) is 0 Å². The Labute approximate surface area is 176 Å². The number of aromatic amines is 1. The van der Waals surface area contributed by atoms with Crippen LogP contribution in [0.1, 0.15) is 21.6 Å². The summed E-state index contributed by atoms with van der Waals surface area (Å²) < 4.78 is 5.89. The molecule has 152 valence electrons. The van der Waals surface area contributed by atoms with E-state index in [0.717, 1.165) is 34.4 Å². The van der Waals surface area contributed by atoms with Gasteiger partial charge in [0, 0.05) is 23.1 Å². The van der Waals surface area contributed by atoms with Gasteiger partial charge < -0.3 is 19.9 Å². The Balaban J connectivity index is 1.43. The van der Waals surface area contributed by atoms with Crippen molar-refractivity contribution in [2.75, 3.05) is 19.4 Å². The smallest absolute Gasteiger partial charge is 0.272 e. The number of aromatic nitrogens is 1. The molecular weight excluding hydrogens is 374 g/mol. The first-order chi connectivity index (χ1) is 14.6. The maximum Gasteiger partial charge on any atom is 0.272 e. The first kappa shape index (κ1) is 19.7. The Kier molecular flexibility index (Phi) is 5.82. The van der Waals surface area contributed by atoms with Crippen LogP contribution < -0.4 is 10.1 Å². The van der Waals surface area contributed by atoms with Crippen molar-refractivity contribution in [3.8, 4) is 5.75 Å². The highest BCUT2D eigenvalue weighted by atomic mass is 16.5. The third kappa shape index (κ3) is 4.88. The van der Waals surface area contributed by atoms with Gasteiger partial charge >= 0.3 is 0 Å². The minimum absolute atomic E-state index is 0.168. The maximum atomic E-state index is 12.7. The molecule has 3 aromatic carbocycles. The molecule has 0 spiro atoms. The van der Waals surface area contributed by atoms with Crippen LogP contribution >= 0.6 is 0 Å². The van der Waals surface area contributed by atoms with Crippen LogP contribution in [0.2, 0.25) is 0 Å². The van der Waals surface area contributed by atoms with E-state index in [1.54, 1.807) is 0 Å². The number of hydrogen-bond acceptors (Lipinski definition) is 3. The van der Waals surface area contributed by atoms with Gasteiger partial charge in [0.2, 0.25) is 0 Å². The molecule has 0 bridgehead atoms. The number of rotatable bonds is 7. The van der Waals surface area contributed by atoms with Crippen LogP contribution in [0.5, 0.6) is 5.75 Å². The summed E-state index contributed by atoms with van der Waals surface area (Å²) in [6.45, 7) is 1.37. The zero-order valence-electron chi connectivity index (χ0n) is 17.2. The quantitative estimate of drug-likeness (QED) is 0.457. The molecule has 2 N–H and O–H groups in total. The summed E-state index contributed by atoms with van der Waals surface area (Å²) in [4.78, 5) is 17.9. The topological polar surface area (TPSA) is 57.4 Å². The summed E-state index contributed by atoms with van der Waals surface area (Å²) in [5, 5.41) is 3.88. The SMILES string of the molecule is CN(C)Cc1ccc(NC(=O)c2cc3cc(OCc4ccccc4)ccc3[nH]2)cc1. The fourth-order valence-corrected chi connectivity index (χ4v) is 3.32. The Morgan fingerprint density at radius 2 is 1.70 bits per heavy atom. The number of nitrogens with zero attached hydrogens (tertiary/aromatic N) is 1. The molecule has 0 aliphatic carbocycles. The number of hydrogen-bond donors (Lipinski definition) is 2. The van der Waals surface area contributed by atoms with E-state index in [0.29, 0.717) is 12.3 Å². The zero-order chi connectivity index (χ0) is 20.9. The molecule has 0 saturated heterocycles. The molecule has 0 unspecified atom stereocenters. The highest BCUT2D eigenvalue weighted by molar-refractivity contribution is 6.06. The number of amides is 1. The number of carbonyl (C=O) groups excluding carboxylic acids is 1. The van der Waals surface area contributed by atoms with Crippen LogP contribution in [0.4, 0.5) is 5.69 Å². The minimum atomic E-state index is -0.168. The normalized spacial score (nSPS) is 11.0. The van der Waals surface area contributed by atoms with E-state index in [-0.39, 0.29) is 5.91 Å². The summed E-state index contributed by atoms with van der Waals surface area (Å²) in [6.07, 6.45) is 0. The summed E-state index contributed by atoms with van der Waals surface area (Å²) in [5.74, 6) is 0.604. The number of H-pyrrole nitrogens is 1. The van der Waals surface area contributed by atoms with Gasteiger partial charge in [0.25, 0.3) is 5.91 Å². The Hall–Kier alpha value is -3.57. The van der Waals surface area contributed by atoms with Crippen molar-refractivity contribution < 1.29 is 9.53 Å². The maximum absolute atomic E-state index is 12.7. The fraction of sp³-hybridized carbons (Fsp3) is 0.160. The molecule has 4 rings (SSSR count). The Bertz CT molecular complexity index is 1130. The number of carbonyl (C=O) groups is 1. The molecule has 5 heteroatoms. The van der Waals surface area contributed by atoms with Crippen molar-refractivity contribution in [1.29, 1.82) is 0 Å². The Morgan fingerprint density at radius 3 is 2.43 bits per heavy atom. The van der Waals surface area contributed by atoms with E-state index in [9.17, 15) is 4.79 Å². The molecule has 5 nitrogen and oxygen atoms in total.